The second-order valence-corrected chi connectivity index (χ2v) is 3.38. The van der Waals surface area contributed by atoms with E-state index in [0.717, 1.165) is 0 Å². The van der Waals surface area contributed by atoms with Crippen molar-refractivity contribution in [1.29, 1.82) is 0 Å². The molecule has 0 aromatic heterocycles. The van der Waals surface area contributed by atoms with Gasteiger partial charge in [0.05, 0.1) is 0 Å². The Hall–Kier alpha value is -0.520. The smallest absolute Gasteiger partial charge is 0.407 e. The summed E-state index contributed by atoms with van der Waals surface area (Å²) in [7, 11) is 0. The molecule has 0 rings (SSSR count). The highest BCUT2D eigenvalue weighted by Crippen LogP contribution is 2.05. The molecule has 0 fully saturated rings. The van der Waals surface area contributed by atoms with Crippen molar-refractivity contribution in [2.45, 2.75) is 26.4 Å². The summed E-state index contributed by atoms with van der Waals surface area (Å²) >= 11 is 0. The van der Waals surface area contributed by atoms with Gasteiger partial charge in [-0.15, -0.1) is 12.4 Å². The number of amides is 1. The minimum atomic E-state index is -0.444. The van der Waals surface area contributed by atoms with Crippen molar-refractivity contribution in [3.8, 4) is 0 Å². The Morgan fingerprint density at radius 2 is 1.92 bits per heavy atom. The van der Waals surface area contributed by atoms with Gasteiger partial charge in [0, 0.05) is 13.1 Å². The lowest BCUT2D eigenvalue weighted by Gasteiger charge is -2.19. The summed E-state index contributed by atoms with van der Waals surface area (Å²) in [6.07, 6.45) is -0.419. The van der Waals surface area contributed by atoms with E-state index >= 15 is 0 Å². The summed E-state index contributed by atoms with van der Waals surface area (Å²) in [5.41, 5.74) is 1.97. The topological polar surface area (TPSA) is 76.4 Å². The molecule has 0 atom stereocenters. The number of nitrogens with two attached hydrogens (primary N) is 1. The van der Waals surface area contributed by atoms with Crippen molar-refractivity contribution in [2.75, 3.05) is 13.1 Å². The number of nitrogens with one attached hydrogen (secondary N) is 2. The highest BCUT2D eigenvalue weighted by Gasteiger charge is 2.14. The monoisotopic (exact) mass is 211 g/mol. The maximum Gasteiger partial charge on any atom is 0.407 e. The molecule has 0 radical (unpaired) electrons. The predicted octanol–water partition coefficient (Wildman–Crippen LogP) is 0.396. The van der Waals surface area contributed by atoms with Crippen LogP contribution in [0.3, 0.4) is 0 Å². The lowest BCUT2D eigenvalue weighted by molar-refractivity contribution is 0.0528. The number of hydrogen-bond donors (Lipinski definition) is 3. The molecule has 13 heavy (non-hydrogen) atoms. The molecule has 0 unspecified atom stereocenters. The van der Waals surface area contributed by atoms with Crippen LogP contribution in [-0.4, -0.2) is 24.8 Å². The van der Waals surface area contributed by atoms with Gasteiger partial charge in [0.15, 0.2) is 0 Å². The molecular weight excluding hydrogens is 194 g/mol. The number of ether oxygens (including phenoxy) is 1. The molecule has 0 spiro atoms. The highest BCUT2D eigenvalue weighted by molar-refractivity contribution is 5.85. The Balaban J connectivity index is 0. The number of hydrogen-bond acceptors (Lipinski definition) is 4. The number of halogens is 1. The van der Waals surface area contributed by atoms with Crippen molar-refractivity contribution in [3.05, 3.63) is 0 Å². The normalized spacial score (nSPS) is 10.2. The molecule has 0 bridgehead atoms. The molecule has 4 N–H and O–H groups in total. The van der Waals surface area contributed by atoms with Gasteiger partial charge in [-0.3, -0.25) is 11.3 Å². The standard InChI is InChI=1S/C7H17N3O2.ClH/c1-7(2,3)12-6(11)9-4-5-10-8;/h10H,4-5,8H2,1-3H3,(H,9,11);1H. The number of rotatable bonds is 3. The summed E-state index contributed by atoms with van der Waals surface area (Å²) in [5, 5.41) is 2.54. The van der Waals surface area contributed by atoms with Crippen LogP contribution in [-0.2, 0) is 4.74 Å². The average Bonchev–Trinajstić information content (AvgIpc) is 1.84. The minimum absolute atomic E-state index is 0. The third-order valence-electron chi connectivity index (χ3n) is 0.938. The molecule has 0 aliphatic rings. The van der Waals surface area contributed by atoms with Crippen molar-refractivity contribution < 1.29 is 9.53 Å². The first kappa shape index (κ1) is 15.0. The van der Waals surface area contributed by atoms with Crippen LogP contribution in [0, 0.1) is 0 Å². The van der Waals surface area contributed by atoms with Gasteiger partial charge in [0.25, 0.3) is 0 Å². The van der Waals surface area contributed by atoms with Crippen LogP contribution in [0.1, 0.15) is 20.8 Å². The molecule has 6 heteroatoms. The summed E-state index contributed by atoms with van der Waals surface area (Å²) in [6, 6.07) is 0. The lowest BCUT2D eigenvalue weighted by Crippen LogP contribution is -2.37. The second-order valence-electron chi connectivity index (χ2n) is 3.38. The molecule has 0 saturated carbocycles. The van der Waals surface area contributed by atoms with Crippen LogP contribution in [0.25, 0.3) is 0 Å². The summed E-state index contributed by atoms with van der Waals surface area (Å²) in [5.74, 6) is 5.00. The fraction of sp³-hybridized carbons (Fsp3) is 0.857. The molecule has 5 nitrogen and oxygen atoms in total. The van der Waals surface area contributed by atoms with Crippen molar-refractivity contribution in [3.63, 3.8) is 0 Å². The zero-order valence-electron chi connectivity index (χ0n) is 8.22. The summed E-state index contributed by atoms with van der Waals surface area (Å²) < 4.78 is 4.97. The van der Waals surface area contributed by atoms with E-state index in [1.54, 1.807) is 0 Å². The molecule has 0 heterocycles. The highest BCUT2D eigenvalue weighted by atomic mass is 35.5. The lowest BCUT2D eigenvalue weighted by atomic mass is 10.2. The van der Waals surface area contributed by atoms with Gasteiger partial charge < -0.3 is 10.1 Å². The SMILES string of the molecule is CC(C)(C)OC(=O)NCCNN.Cl. The number of carbonyl (C=O) groups excluding carboxylic acids is 1. The second kappa shape index (κ2) is 6.94. The number of hydrazine groups is 1. The average molecular weight is 212 g/mol. The number of carbonyl (C=O) groups is 1. The predicted molar refractivity (Wildman–Crippen MR) is 53.7 cm³/mol. The number of alkyl carbamates (subject to hydrolysis) is 1. The summed E-state index contributed by atoms with van der Waals surface area (Å²) in [4.78, 5) is 10.9. The molecule has 0 aromatic rings. The maximum atomic E-state index is 10.9. The van der Waals surface area contributed by atoms with Gasteiger partial charge >= 0.3 is 6.09 Å². The van der Waals surface area contributed by atoms with E-state index in [1.165, 1.54) is 0 Å². The van der Waals surface area contributed by atoms with Gasteiger partial charge in [0.1, 0.15) is 5.60 Å². The van der Waals surface area contributed by atoms with Gasteiger partial charge in [-0.2, -0.15) is 0 Å². The van der Waals surface area contributed by atoms with Crippen LogP contribution in [0.5, 0.6) is 0 Å². The van der Waals surface area contributed by atoms with E-state index in [4.69, 9.17) is 10.6 Å². The van der Waals surface area contributed by atoms with E-state index in [9.17, 15) is 4.79 Å². The van der Waals surface area contributed by atoms with Gasteiger partial charge in [0.2, 0.25) is 0 Å². The van der Waals surface area contributed by atoms with E-state index in [-0.39, 0.29) is 12.4 Å². The molecule has 1 amide bonds. The van der Waals surface area contributed by atoms with E-state index in [1.807, 2.05) is 20.8 Å². The third-order valence-corrected chi connectivity index (χ3v) is 0.938. The molecular formula is C7H18ClN3O2. The zero-order valence-corrected chi connectivity index (χ0v) is 9.03. The van der Waals surface area contributed by atoms with Crippen molar-refractivity contribution in [1.82, 2.24) is 10.7 Å². The fourth-order valence-corrected chi connectivity index (χ4v) is 0.551. The first-order valence-electron chi connectivity index (χ1n) is 3.86. The molecule has 0 aromatic carbocycles. The first-order valence-corrected chi connectivity index (χ1v) is 3.86. The van der Waals surface area contributed by atoms with Gasteiger partial charge in [-0.1, -0.05) is 0 Å². The van der Waals surface area contributed by atoms with Gasteiger partial charge in [-0.05, 0) is 20.8 Å². The fourth-order valence-electron chi connectivity index (χ4n) is 0.551. The van der Waals surface area contributed by atoms with Crippen LogP contribution in [0.2, 0.25) is 0 Å². The Bertz CT molecular complexity index is 147. The quantitative estimate of drug-likeness (QED) is 0.359. The third kappa shape index (κ3) is 11.5. The largest absolute Gasteiger partial charge is 0.444 e. The Kier molecular flexibility index (Phi) is 7.99. The molecule has 80 valence electrons. The van der Waals surface area contributed by atoms with E-state index in [2.05, 4.69) is 10.7 Å². The molecule has 0 saturated heterocycles. The Morgan fingerprint density at radius 1 is 1.38 bits per heavy atom. The minimum Gasteiger partial charge on any atom is -0.444 e. The Labute approximate surface area is 84.8 Å². The molecule has 0 aliphatic heterocycles. The van der Waals surface area contributed by atoms with Crippen LogP contribution in [0.4, 0.5) is 4.79 Å². The van der Waals surface area contributed by atoms with E-state index in [0.29, 0.717) is 13.1 Å². The van der Waals surface area contributed by atoms with Crippen LogP contribution >= 0.6 is 12.4 Å². The summed E-state index contributed by atoms with van der Waals surface area (Å²) in [6.45, 7) is 6.43. The zero-order chi connectivity index (χ0) is 9.61. The van der Waals surface area contributed by atoms with Crippen molar-refractivity contribution >= 4 is 18.5 Å². The molecule has 0 aliphatic carbocycles. The Morgan fingerprint density at radius 3 is 2.31 bits per heavy atom. The van der Waals surface area contributed by atoms with E-state index < -0.39 is 11.7 Å². The van der Waals surface area contributed by atoms with Gasteiger partial charge in [-0.25, -0.2) is 4.79 Å². The van der Waals surface area contributed by atoms with Crippen LogP contribution < -0.4 is 16.6 Å². The maximum absolute atomic E-state index is 10.9. The van der Waals surface area contributed by atoms with Crippen LogP contribution in [0.15, 0.2) is 0 Å². The first-order chi connectivity index (χ1) is 5.45. The van der Waals surface area contributed by atoms with Crippen molar-refractivity contribution in [2.24, 2.45) is 5.84 Å².